The van der Waals surface area contributed by atoms with Crippen LogP contribution in [-0.2, 0) is 0 Å². The number of nitrogens with zero attached hydrogens (tertiary/aromatic N) is 4. The van der Waals surface area contributed by atoms with Gasteiger partial charge in [0.25, 0.3) is 0 Å². The van der Waals surface area contributed by atoms with Crippen LogP contribution in [0, 0.1) is 0 Å². The highest BCUT2D eigenvalue weighted by molar-refractivity contribution is 6.11. The summed E-state index contributed by atoms with van der Waals surface area (Å²) >= 11 is 0. The van der Waals surface area contributed by atoms with Gasteiger partial charge in [-0.3, -0.25) is 4.57 Å². The Bertz CT molecular complexity index is 3060. The highest BCUT2D eigenvalue weighted by Gasteiger charge is 2.20. The van der Waals surface area contributed by atoms with Gasteiger partial charge >= 0.3 is 6.01 Å². The van der Waals surface area contributed by atoms with Gasteiger partial charge in [-0.25, -0.2) is 9.97 Å². The van der Waals surface area contributed by atoms with Crippen molar-refractivity contribution < 1.29 is 13.3 Å². The van der Waals surface area contributed by atoms with Crippen molar-refractivity contribution >= 4 is 65.9 Å². The molecule has 0 aliphatic rings. The maximum atomic E-state index is 6.45. The largest absolute Gasteiger partial charge is 0.436 e. The Kier molecular flexibility index (Phi) is 5.54. The molecule has 4 aromatic heterocycles. The quantitative estimate of drug-likeness (QED) is 0.190. The van der Waals surface area contributed by atoms with Gasteiger partial charge in [0.1, 0.15) is 16.6 Å². The number of para-hydroxylation sites is 4. The first-order valence-electron chi connectivity index (χ1n) is 16.4. The van der Waals surface area contributed by atoms with Gasteiger partial charge in [-0.1, -0.05) is 66.7 Å². The third kappa shape index (κ3) is 4.13. The van der Waals surface area contributed by atoms with E-state index in [2.05, 4.69) is 83.4 Å². The minimum Gasteiger partial charge on any atom is -0.436 e. The lowest BCUT2D eigenvalue weighted by Crippen LogP contribution is -1.93. The molecule has 7 aromatic carbocycles. The number of aromatic nitrogens is 4. The van der Waals surface area contributed by atoms with E-state index in [-0.39, 0.29) is 0 Å². The first-order chi connectivity index (χ1) is 24.7. The molecular weight excluding hydrogens is 620 g/mol. The molecule has 234 valence electrons. The normalized spacial score (nSPS) is 12.0. The third-order valence-corrected chi connectivity index (χ3v) is 9.50. The summed E-state index contributed by atoms with van der Waals surface area (Å²) in [6.45, 7) is 0. The fourth-order valence-electron chi connectivity index (χ4n) is 7.04. The van der Waals surface area contributed by atoms with Crippen LogP contribution in [0.5, 0.6) is 0 Å². The Morgan fingerprint density at radius 3 is 1.62 bits per heavy atom. The summed E-state index contributed by atoms with van der Waals surface area (Å²) in [5, 5.41) is 4.41. The van der Waals surface area contributed by atoms with E-state index in [4.69, 9.17) is 28.2 Å². The van der Waals surface area contributed by atoms with Crippen LogP contribution in [0.2, 0.25) is 0 Å². The fourth-order valence-corrected chi connectivity index (χ4v) is 7.04. The zero-order valence-electron chi connectivity index (χ0n) is 26.4. The standard InChI is InChI=1S/C43H24N4O3/c1-2-8-26-21-27(14-13-25(26)7-1)28-15-18-35-40(24-28)49-42(45-35)30-17-20-37-32(23-30)31-22-29(41-44-33-9-3-5-11-38(33)48-41)16-19-36(31)47(37)43-46-34-10-4-6-12-39(34)50-43/h1-24H. The van der Waals surface area contributed by atoms with Crippen molar-refractivity contribution in [2.75, 3.05) is 0 Å². The van der Waals surface area contributed by atoms with Gasteiger partial charge in [-0.05, 0) is 101 Å². The lowest BCUT2D eigenvalue weighted by atomic mass is 10.0. The molecule has 0 unspecified atom stereocenters. The smallest absolute Gasteiger partial charge is 0.307 e. The van der Waals surface area contributed by atoms with Crippen LogP contribution in [0.15, 0.2) is 159 Å². The first kappa shape index (κ1) is 27.0. The number of rotatable bonds is 4. The molecule has 0 spiro atoms. The lowest BCUT2D eigenvalue weighted by molar-refractivity contribution is 0.574. The zero-order chi connectivity index (χ0) is 32.8. The second-order valence-electron chi connectivity index (χ2n) is 12.5. The van der Waals surface area contributed by atoms with Crippen molar-refractivity contribution in [1.29, 1.82) is 0 Å². The summed E-state index contributed by atoms with van der Waals surface area (Å²) in [5.74, 6) is 1.11. The number of benzene rings is 7. The zero-order valence-corrected chi connectivity index (χ0v) is 26.4. The van der Waals surface area contributed by atoms with Crippen molar-refractivity contribution in [3.8, 4) is 40.0 Å². The van der Waals surface area contributed by atoms with Gasteiger partial charge in [0.15, 0.2) is 16.7 Å². The van der Waals surface area contributed by atoms with Crippen LogP contribution >= 0.6 is 0 Å². The summed E-state index contributed by atoms with van der Waals surface area (Å²) < 4.78 is 21.0. The van der Waals surface area contributed by atoms with Crippen LogP contribution in [0.25, 0.3) is 106 Å². The summed E-state index contributed by atoms with van der Waals surface area (Å²) in [4.78, 5) is 14.5. The maximum absolute atomic E-state index is 6.45. The van der Waals surface area contributed by atoms with E-state index in [1.165, 1.54) is 10.8 Å². The highest BCUT2D eigenvalue weighted by atomic mass is 16.4. The van der Waals surface area contributed by atoms with E-state index in [1.54, 1.807) is 0 Å². The lowest BCUT2D eigenvalue weighted by Gasteiger charge is -2.04. The monoisotopic (exact) mass is 644 g/mol. The van der Waals surface area contributed by atoms with Crippen LogP contribution < -0.4 is 0 Å². The molecule has 50 heavy (non-hydrogen) atoms. The van der Waals surface area contributed by atoms with Gasteiger partial charge in [0, 0.05) is 21.9 Å². The molecule has 7 heteroatoms. The molecule has 7 nitrogen and oxygen atoms in total. The Balaban J connectivity index is 1.08. The van der Waals surface area contributed by atoms with Crippen molar-refractivity contribution in [2.24, 2.45) is 0 Å². The van der Waals surface area contributed by atoms with Crippen molar-refractivity contribution in [1.82, 2.24) is 19.5 Å². The molecule has 0 saturated heterocycles. The molecule has 0 atom stereocenters. The highest BCUT2D eigenvalue weighted by Crippen LogP contribution is 2.38. The molecule has 0 aliphatic carbocycles. The molecule has 0 fully saturated rings. The summed E-state index contributed by atoms with van der Waals surface area (Å²) in [6, 6.07) is 49.7. The van der Waals surface area contributed by atoms with Gasteiger partial charge < -0.3 is 13.3 Å². The van der Waals surface area contributed by atoms with Gasteiger partial charge in [0.05, 0.1) is 11.0 Å². The summed E-state index contributed by atoms with van der Waals surface area (Å²) in [6.07, 6.45) is 0. The van der Waals surface area contributed by atoms with Gasteiger partial charge in [-0.2, -0.15) is 4.98 Å². The molecule has 11 rings (SSSR count). The van der Waals surface area contributed by atoms with E-state index in [0.717, 1.165) is 77.4 Å². The van der Waals surface area contributed by atoms with Crippen LogP contribution in [0.4, 0.5) is 0 Å². The maximum Gasteiger partial charge on any atom is 0.307 e. The first-order valence-corrected chi connectivity index (χ1v) is 16.4. The SMILES string of the molecule is c1ccc2cc(-c3ccc4nc(-c5ccc6c(c5)c5cc(-c7nc8ccccc8o7)ccc5n6-c5nc6ccccc6o5)oc4c3)ccc2c1. The molecule has 0 aliphatic heterocycles. The van der Waals surface area contributed by atoms with E-state index >= 15 is 0 Å². The molecule has 0 amide bonds. The third-order valence-electron chi connectivity index (χ3n) is 9.50. The minimum absolute atomic E-state index is 0.497. The topological polar surface area (TPSA) is 83.0 Å². The Morgan fingerprint density at radius 2 is 0.920 bits per heavy atom. The van der Waals surface area contributed by atoms with Crippen molar-refractivity contribution in [3.05, 3.63) is 146 Å². The number of fused-ring (bicyclic) bond motifs is 7. The molecular formula is C43H24N4O3. The van der Waals surface area contributed by atoms with E-state index in [9.17, 15) is 0 Å². The van der Waals surface area contributed by atoms with Crippen molar-refractivity contribution in [2.45, 2.75) is 0 Å². The average molecular weight is 645 g/mol. The van der Waals surface area contributed by atoms with E-state index in [0.29, 0.717) is 17.8 Å². The summed E-state index contributed by atoms with van der Waals surface area (Å²) in [5.41, 5.74) is 10.5. The Morgan fingerprint density at radius 1 is 0.380 bits per heavy atom. The number of hydrogen-bond donors (Lipinski definition) is 0. The fraction of sp³-hybridized carbons (Fsp3) is 0. The molecule has 0 bridgehead atoms. The summed E-state index contributed by atoms with van der Waals surface area (Å²) in [7, 11) is 0. The molecule has 0 N–H and O–H groups in total. The van der Waals surface area contributed by atoms with Crippen LogP contribution in [-0.4, -0.2) is 19.5 Å². The Hall–Kier alpha value is -6.99. The predicted octanol–water partition coefficient (Wildman–Crippen LogP) is 11.4. The second-order valence-corrected chi connectivity index (χ2v) is 12.5. The molecule has 0 saturated carbocycles. The Labute approximate surface area is 283 Å². The molecule has 4 heterocycles. The van der Waals surface area contributed by atoms with Crippen molar-refractivity contribution in [3.63, 3.8) is 0 Å². The van der Waals surface area contributed by atoms with Crippen LogP contribution in [0.1, 0.15) is 0 Å². The van der Waals surface area contributed by atoms with Gasteiger partial charge in [0.2, 0.25) is 11.8 Å². The number of hydrogen-bond acceptors (Lipinski definition) is 6. The second kappa shape index (κ2) is 10.3. The van der Waals surface area contributed by atoms with E-state index < -0.39 is 0 Å². The van der Waals surface area contributed by atoms with E-state index in [1.807, 2.05) is 66.7 Å². The van der Waals surface area contributed by atoms with Gasteiger partial charge in [-0.15, -0.1) is 0 Å². The molecule has 0 radical (unpaired) electrons. The average Bonchev–Trinajstić information content (AvgIpc) is 3.96. The molecule has 11 aromatic rings. The predicted molar refractivity (Wildman–Crippen MR) is 197 cm³/mol. The minimum atomic E-state index is 0.497. The van der Waals surface area contributed by atoms with Crippen LogP contribution in [0.3, 0.4) is 0 Å². The number of oxazole rings is 3.